The average Bonchev–Trinajstić information content (AvgIpc) is 3.48. The van der Waals surface area contributed by atoms with E-state index >= 15 is 0 Å². The maximum absolute atomic E-state index is 13.8. The van der Waals surface area contributed by atoms with Crippen LogP contribution in [0.1, 0.15) is 144 Å². The van der Waals surface area contributed by atoms with Gasteiger partial charge in [0.15, 0.2) is 0 Å². The van der Waals surface area contributed by atoms with Crippen molar-refractivity contribution in [1.29, 1.82) is 0 Å². The first-order chi connectivity index (χ1) is 28.0. The van der Waals surface area contributed by atoms with Crippen LogP contribution in [0.15, 0.2) is 0 Å². The SMILES string of the molecule is CC(F)(F)C(F)(F)CCOC(=O)C12CC3CC(CC(O)(C3)C1)C2.C[C@H](CCC(=O)OCCC(F)(F)C(C)(F)F)[C@H]1CC[C@H]2[C@@H]3C(=O)CC4CC(=O)CC[C@]4(C)[C@H]3CC(=O)[C@]12C. The molecule has 0 radical (unpaired) electrons. The summed E-state index contributed by atoms with van der Waals surface area (Å²) >= 11 is 0. The summed E-state index contributed by atoms with van der Waals surface area (Å²) in [6, 6.07) is 0. The third kappa shape index (κ3) is 9.05. The number of hydrogen-bond acceptors (Lipinski definition) is 8. The number of hydrogen-bond donors (Lipinski definition) is 1. The summed E-state index contributed by atoms with van der Waals surface area (Å²) in [4.78, 5) is 64.0. The number of esters is 2. The molecule has 1 N–H and O–H groups in total. The van der Waals surface area contributed by atoms with E-state index < -0.39 is 78.1 Å². The molecular weight excluding hydrogens is 820 g/mol. The number of carbonyl (C=O) groups excluding carboxylic acids is 5. The Morgan fingerprint density at radius 3 is 1.93 bits per heavy atom. The lowest BCUT2D eigenvalue weighted by Gasteiger charge is -2.58. The first-order valence-corrected chi connectivity index (χ1v) is 22.1. The average molecular weight is 883 g/mol. The number of alkyl halides is 8. The highest BCUT2D eigenvalue weighted by Gasteiger charge is 2.66. The number of fused-ring (bicyclic) bond motifs is 5. The lowest BCUT2D eigenvalue weighted by Crippen LogP contribution is -2.60. The van der Waals surface area contributed by atoms with E-state index in [4.69, 9.17) is 9.47 Å². The Labute approximate surface area is 352 Å². The summed E-state index contributed by atoms with van der Waals surface area (Å²) in [7, 11) is 0. The maximum Gasteiger partial charge on any atom is 0.313 e. The molecule has 8 fully saturated rings. The van der Waals surface area contributed by atoms with E-state index in [9.17, 15) is 64.2 Å². The van der Waals surface area contributed by atoms with Crippen molar-refractivity contribution in [3.8, 4) is 0 Å². The molecule has 61 heavy (non-hydrogen) atoms. The number of Topliss-reactive ketones (excluding diaryl/α,β-unsaturated/α-hetero) is 3. The number of ether oxygens (including phenoxy) is 2. The van der Waals surface area contributed by atoms with Gasteiger partial charge in [0.05, 0.1) is 37.1 Å². The van der Waals surface area contributed by atoms with Crippen LogP contribution in [0.2, 0.25) is 0 Å². The molecule has 3 unspecified atom stereocenters. The second kappa shape index (κ2) is 16.4. The normalized spacial score (nSPS) is 38.8. The second-order valence-electron chi connectivity index (χ2n) is 21.0. The molecule has 8 saturated carbocycles. The van der Waals surface area contributed by atoms with Gasteiger partial charge in [0.25, 0.3) is 0 Å². The summed E-state index contributed by atoms with van der Waals surface area (Å²) in [5, 5.41) is 10.6. The smallest absolute Gasteiger partial charge is 0.313 e. The van der Waals surface area contributed by atoms with Gasteiger partial charge in [-0.3, -0.25) is 24.0 Å². The van der Waals surface area contributed by atoms with Gasteiger partial charge in [0.1, 0.15) is 17.3 Å². The quantitative estimate of drug-likeness (QED) is 0.143. The highest BCUT2D eigenvalue weighted by atomic mass is 19.3. The fourth-order valence-electron chi connectivity index (χ4n) is 13.6. The zero-order valence-electron chi connectivity index (χ0n) is 35.9. The molecule has 0 saturated heterocycles. The van der Waals surface area contributed by atoms with Crippen molar-refractivity contribution in [2.75, 3.05) is 13.2 Å². The van der Waals surface area contributed by atoms with Crippen molar-refractivity contribution in [3.05, 3.63) is 0 Å². The molecule has 8 aliphatic rings. The highest BCUT2D eigenvalue weighted by molar-refractivity contribution is 5.93. The molecule has 0 aromatic heterocycles. The minimum Gasteiger partial charge on any atom is -0.465 e. The summed E-state index contributed by atoms with van der Waals surface area (Å²) < 4.78 is 114. The van der Waals surface area contributed by atoms with Crippen LogP contribution >= 0.6 is 0 Å². The van der Waals surface area contributed by atoms with Gasteiger partial charge in [-0.05, 0) is 111 Å². The topological polar surface area (TPSA) is 124 Å². The molecule has 8 aliphatic carbocycles. The molecule has 4 bridgehead atoms. The molecule has 0 heterocycles. The van der Waals surface area contributed by atoms with E-state index in [0.29, 0.717) is 64.2 Å². The van der Waals surface area contributed by atoms with Crippen LogP contribution in [0, 0.1) is 63.6 Å². The van der Waals surface area contributed by atoms with Gasteiger partial charge >= 0.3 is 35.6 Å². The molecule has 0 spiro atoms. The van der Waals surface area contributed by atoms with Crippen molar-refractivity contribution in [2.24, 2.45) is 63.6 Å². The van der Waals surface area contributed by atoms with E-state index in [1.165, 1.54) is 0 Å². The Morgan fingerprint density at radius 1 is 0.803 bits per heavy atom. The molecule has 0 aromatic rings. The van der Waals surface area contributed by atoms with Crippen molar-refractivity contribution in [1.82, 2.24) is 0 Å². The molecule has 16 heteroatoms. The molecule has 0 amide bonds. The minimum atomic E-state index is -4.26. The summed E-state index contributed by atoms with van der Waals surface area (Å²) in [5.41, 5.74) is -2.54. The summed E-state index contributed by atoms with van der Waals surface area (Å²) in [6.07, 6.45) is 5.64. The van der Waals surface area contributed by atoms with Gasteiger partial charge < -0.3 is 14.6 Å². The third-order valence-electron chi connectivity index (χ3n) is 16.8. The number of rotatable bonds is 13. The van der Waals surface area contributed by atoms with E-state index in [2.05, 4.69) is 6.92 Å². The molecule has 8 rings (SSSR count). The number of aliphatic hydroxyl groups is 1. The largest absolute Gasteiger partial charge is 0.465 e. The van der Waals surface area contributed by atoms with E-state index in [-0.39, 0.29) is 90.4 Å². The van der Waals surface area contributed by atoms with Gasteiger partial charge in [0.2, 0.25) is 0 Å². The number of halogens is 8. The monoisotopic (exact) mass is 882 g/mol. The van der Waals surface area contributed by atoms with Crippen LogP contribution in [0.25, 0.3) is 0 Å². The van der Waals surface area contributed by atoms with Crippen molar-refractivity contribution < 1.29 is 73.7 Å². The van der Waals surface area contributed by atoms with Gasteiger partial charge in [-0.1, -0.05) is 20.8 Å². The van der Waals surface area contributed by atoms with Crippen molar-refractivity contribution in [2.45, 2.75) is 173 Å². The molecular formula is C45H62F8O8. The highest BCUT2D eigenvalue weighted by Crippen LogP contribution is 2.67. The van der Waals surface area contributed by atoms with Crippen LogP contribution in [0.4, 0.5) is 35.1 Å². The Kier molecular flexibility index (Phi) is 12.9. The summed E-state index contributed by atoms with van der Waals surface area (Å²) in [5.74, 6) is -17.4. The Morgan fingerprint density at radius 2 is 1.38 bits per heavy atom. The van der Waals surface area contributed by atoms with Gasteiger partial charge in [-0.2, -0.15) is 17.6 Å². The fraction of sp³-hybridized carbons (Fsp3) is 0.889. The Hall–Kier alpha value is -2.65. The zero-order chi connectivity index (χ0) is 45.4. The van der Waals surface area contributed by atoms with E-state index in [0.717, 1.165) is 25.7 Å². The van der Waals surface area contributed by atoms with E-state index in [1.807, 2.05) is 13.8 Å². The Balaban J connectivity index is 0.000000230. The standard InChI is InChI=1S/C29H40F4O5.C16H22F4O3/c1-16(5-8-24(37)38-12-11-29(32,33)28(4,30)31)19-6-7-20-25-21(15-23(36)27(19,20)3)26(2)10-9-18(34)13-17(26)14-22(25)35;1-13(17,18)16(19,20)2-3-23-12(21)14-5-10-4-11(6-14)8-15(22,7-10)9-14/h16-17,19-21,25H,5-15H2,1-4H3;10-11,22H,2-9H2,1H3/t16-,17?,19-,20+,21+,25+,26+,27-;/m1./s1. The maximum atomic E-state index is 13.8. The lowest BCUT2D eigenvalue weighted by molar-refractivity contribution is -0.213. The van der Waals surface area contributed by atoms with Crippen LogP contribution < -0.4 is 0 Å². The predicted molar refractivity (Wildman–Crippen MR) is 204 cm³/mol. The van der Waals surface area contributed by atoms with E-state index in [1.54, 1.807) is 0 Å². The molecule has 0 aliphatic heterocycles. The zero-order valence-corrected chi connectivity index (χ0v) is 35.9. The first-order valence-electron chi connectivity index (χ1n) is 22.1. The lowest BCUT2D eigenvalue weighted by atomic mass is 9.44. The number of carbonyl (C=O) groups is 5. The van der Waals surface area contributed by atoms with Gasteiger partial charge in [-0.25, -0.2) is 17.6 Å². The Bertz CT molecular complexity index is 1710. The van der Waals surface area contributed by atoms with Crippen molar-refractivity contribution >= 4 is 29.3 Å². The second-order valence-corrected chi connectivity index (χ2v) is 21.0. The fourth-order valence-corrected chi connectivity index (χ4v) is 13.6. The van der Waals surface area contributed by atoms with Crippen LogP contribution in [-0.2, 0) is 33.4 Å². The first kappa shape index (κ1) is 47.8. The molecule has 10 atom stereocenters. The van der Waals surface area contributed by atoms with Gasteiger partial charge in [0, 0.05) is 57.3 Å². The third-order valence-corrected chi connectivity index (χ3v) is 16.8. The molecule has 346 valence electrons. The van der Waals surface area contributed by atoms with Crippen LogP contribution in [-0.4, -0.2) is 76.9 Å². The molecule has 0 aromatic carbocycles. The predicted octanol–water partition coefficient (Wildman–Crippen LogP) is 9.75. The minimum absolute atomic E-state index is 0.0142. The number of ketones is 3. The van der Waals surface area contributed by atoms with Crippen LogP contribution in [0.5, 0.6) is 0 Å². The van der Waals surface area contributed by atoms with Crippen molar-refractivity contribution in [3.63, 3.8) is 0 Å². The molecule has 8 nitrogen and oxygen atoms in total. The van der Waals surface area contributed by atoms with Crippen LogP contribution in [0.3, 0.4) is 0 Å². The summed E-state index contributed by atoms with van der Waals surface area (Å²) in [6.45, 7) is 4.88. The van der Waals surface area contributed by atoms with Gasteiger partial charge in [-0.15, -0.1) is 0 Å².